The number of aliphatic hydroxyl groups excluding tert-OH is 2. The minimum Gasteiger partial charge on any atom is -0.462 e. The van der Waals surface area contributed by atoms with Crippen LogP contribution in [-0.2, 0) is 14.3 Å². The lowest BCUT2D eigenvalue weighted by molar-refractivity contribution is -0.151. The van der Waals surface area contributed by atoms with Crippen molar-refractivity contribution in [1.82, 2.24) is 5.32 Å². The van der Waals surface area contributed by atoms with Gasteiger partial charge in [0.25, 0.3) is 0 Å². The van der Waals surface area contributed by atoms with E-state index in [0.29, 0.717) is 19.3 Å². The first kappa shape index (κ1) is 57.6. The van der Waals surface area contributed by atoms with Crippen LogP contribution in [0.2, 0.25) is 0 Å². The summed E-state index contributed by atoms with van der Waals surface area (Å²) in [5, 5.41) is 23.8. The maximum Gasteiger partial charge on any atom is 0.306 e. The summed E-state index contributed by atoms with van der Waals surface area (Å²) in [6.45, 7) is 6.47. The summed E-state index contributed by atoms with van der Waals surface area (Å²) in [6.07, 6.45) is 52.7. The van der Waals surface area contributed by atoms with Crippen LogP contribution >= 0.6 is 0 Å². The zero-order valence-electron chi connectivity index (χ0n) is 39.9. The van der Waals surface area contributed by atoms with Crippen LogP contribution in [0.3, 0.4) is 0 Å². The first-order valence-corrected chi connectivity index (χ1v) is 26.4. The second-order valence-electron chi connectivity index (χ2n) is 18.3. The number of rotatable bonds is 48. The Bertz CT molecular complexity index is 893. The molecule has 0 rings (SSSR count). The number of aliphatic hydroxyl groups is 2. The predicted molar refractivity (Wildman–Crippen MR) is 255 cm³/mol. The first-order valence-electron chi connectivity index (χ1n) is 26.4. The average Bonchev–Trinajstić information content (AvgIpc) is 3.23. The van der Waals surface area contributed by atoms with Crippen LogP contribution in [0, 0.1) is 0 Å². The molecule has 6 nitrogen and oxygen atoms in total. The number of unbranched alkanes of at least 4 members (excludes halogenated alkanes) is 34. The molecule has 3 atom stereocenters. The van der Waals surface area contributed by atoms with Crippen molar-refractivity contribution in [2.75, 3.05) is 6.61 Å². The fourth-order valence-electron chi connectivity index (χ4n) is 8.30. The maximum atomic E-state index is 13.2. The molecule has 350 valence electrons. The lowest BCUT2D eigenvalue weighted by atomic mass is 10.0. The highest BCUT2D eigenvalue weighted by Gasteiger charge is 2.24. The highest BCUT2D eigenvalue weighted by molar-refractivity contribution is 5.77. The molecule has 0 spiro atoms. The van der Waals surface area contributed by atoms with Crippen molar-refractivity contribution < 1.29 is 24.5 Å². The van der Waals surface area contributed by atoms with Crippen molar-refractivity contribution in [3.63, 3.8) is 0 Å². The van der Waals surface area contributed by atoms with E-state index in [2.05, 4.69) is 38.2 Å². The van der Waals surface area contributed by atoms with Gasteiger partial charge in [-0.25, -0.2) is 0 Å². The molecule has 0 aromatic carbocycles. The molecular weight excluding hydrogens is 731 g/mol. The molecule has 6 heteroatoms. The second kappa shape index (κ2) is 47.6. The Labute approximate surface area is 368 Å². The molecule has 3 unspecified atom stereocenters. The SMILES string of the molecule is CCCC/C=C\CCCCCCCC(=O)OC(CCCCCCCCCCCCCCCCCC)CC(=O)NC(CO)C(O)CCCCCCCCCCCCCCC. The highest BCUT2D eigenvalue weighted by atomic mass is 16.5. The van der Waals surface area contributed by atoms with Crippen LogP contribution in [0.4, 0.5) is 0 Å². The minimum absolute atomic E-state index is 0.0816. The van der Waals surface area contributed by atoms with Crippen molar-refractivity contribution in [3.8, 4) is 0 Å². The molecule has 0 heterocycles. The number of amides is 1. The van der Waals surface area contributed by atoms with Gasteiger partial charge in [0, 0.05) is 6.42 Å². The van der Waals surface area contributed by atoms with Gasteiger partial charge < -0.3 is 20.3 Å². The molecule has 0 saturated heterocycles. The molecule has 0 aliphatic carbocycles. The highest BCUT2D eigenvalue weighted by Crippen LogP contribution is 2.19. The second-order valence-corrected chi connectivity index (χ2v) is 18.3. The Morgan fingerprint density at radius 3 is 1.25 bits per heavy atom. The van der Waals surface area contributed by atoms with Crippen molar-refractivity contribution >= 4 is 11.9 Å². The Morgan fingerprint density at radius 1 is 0.475 bits per heavy atom. The smallest absolute Gasteiger partial charge is 0.306 e. The van der Waals surface area contributed by atoms with E-state index in [-0.39, 0.29) is 24.9 Å². The van der Waals surface area contributed by atoms with Crippen LogP contribution in [0.1, 0.15) is 290 Å². The number of hydrogen-bond acceptors (Lipinski definition) is 5. The molecule has 0 saturated carbocycles. The summed E-state index contributed by atoms with van der Waals surface area (Å²) < 4.78 is 5.93. The molecule has 0 aliphatic heterocycles. The van der Waals surface area contributed by atoms with Gasteiger partial charge in [-0.2, -0.15) is 0 Å². The molecule has 3 N–H and O–H groups in total. The number of carbonyl (C=O) groups is 2. The fourth-order valence-corrected chi connectivity index (χ4v) is 8.30. The van der Waals surface area contributed by atoms with E-state index < -0.39 is 18.2 Å². The molecule has 1 amide bonds. The molecule has 0 aliphatic rings. The van der Waals surface area contributed by atoms with E-state index in [1.54, 1.807) is 0 Å². The summed E-state index contributed by atoms with van der Waals surface area (Å²) in [7, 11) is 0. The number of nitrogens with one attached hydrogen (secondary N) is 1. The van der Waals surface area contributed by atoms with E-state index in [1.165, 1.54) is 193 Å². The van der Waals surface area contributed by atoms with Gasteiger partial charge in [-0.1, -0.05) is 245 Å². The Hall–Kier alpha value is -1.40. The molecule has 0 aromatic heterocycles. The van der Waals surface area contributed by atoms with Gasteiger partial charge in [-0.15, -0.1) is 0 Å². The van der Waals surface area contributed by atoms with Crippen molar-refractivity contribution in [1.29, 1.82) is 0 Å². The first-order chi connectivity index (χ1) is 29.0. The summed E-state index contributed by atoms with van der Waals surface area (Å²) in [6, 6.07) is -0.696. The van der Waals surface area contributed by atoms with E-state index >= 15 is 0 Å². The minimum atomic E-state index is -0.782. The van der Waals surface area contributed by atoms with Gasteiger partial charge in [0.15, 0.2) is 0 Å². The predicted octanol–water partition coefficient (Wildman–Crippen LogP) is 15.7. The van der Waals surface area contributed by atoms with Gasteiger partial charge >= 0.3 is 5.97 Å². The standard InChI is InChI=1S/C53H103NO5/c1-4-7-10-13-16-19-22-24-25-26-28-30-32-35-38-41-44-49(59-53(58)46-43-40-37-34-29-21-18-15-12-9-6-3)47-52(57)54-50(48-55)51(56)45-42-39-36-33-31-27-23-20-17-14-11-8-5-2/h15,18,49-51,55-56H,4-14,16-17,19-48H2,1-3H3,(H,54,57)/b18-15-. The summed E-state index contributed by atoms with van der Waals surface area (Å²) in [5.74, 6) is -0.467. The molecule has 0 radical (unpaired) electrons. The maximum absolute atomic E-state index is 13.2. The van der Waals surface area contributed by atoms with E-state index in [0.717, 1.165) is 51.4 Å². The van der Waals surface area contributed by atoms with Crippen LogP contribution < -0.4 is 5.32 Å². The zero-order valence-corrected chi connectivity index (χ0v) is 39.9. The van der Waals surface area contributed by atoms with Crippen LogP contribution in [-0.4, -0.2) is 46.9 Å². The van der Waals surface area contributed by atoms with Crippen LogP contribution in [0.25, 0.3) is 0 Å². The van der Waals surface area contributed by atoms with Crippen molar-refractivity contribution in [3.05, 3.63) is 12.2 Å². The number of carbonyl (C=O) groups excluding carboxylic acids is 2. The Balaban J connectivity index is 4.52. The third-order valence-electron chi connectivity index (χ3n) is 12.3. The number of esters is 1. The van der Waals surface area contributed by atoms with Crippen LogP contribution in [0.5, 0.6) is 0 Å². The fraction of sp³-hybridized carbons (Fsp3) is 0.925. The Morgan fingerprint density at radius 2 is 0.831 bits per heavy atom. The van der Waals surface area contributed by atoms with Crippen molar-refractivity contribution in [2.24, 2.45) is 0 Å². The lowest BCUT2D eigenvalue weighted by Crippen LogP contribution is -2.46. The molecule has 0 aromatic rings. The summed E-state index contributed by atoms with van der Waals surface area (Å²) >= 11 is 0. The van der Waals surface area contributed by atoms with Gasteiger partial charge in [0.1, 0.15) is 6.10 Å². The average molecular weight is 834 g/mol. The van der Waals surface area contributed by atoms with Gasteiger partial charge in [0.2, 0.25) is 5.91 Å². The monoisotopic (exact) mass is 834 g/mol. The van der Waals surface area contributed by atoms with Crippen LogP contribution in [0.15, 0.2) is 12.2 Å². The van der Waals surface area contributed by atoms with Gasteiger partial charge in [-0.05, 0) is 44.9 Å². The number of ether oxygens (including phenoxy) is 1. The normalized spacial score (nSPS) is 13.2. The van der Waals surface area contributed by atoms with Gasteiger partial charge in [0.05, 0.1) is 25.2 Å². The molecule has 0 fully saturated rings. The molecule has 0 bridgehead atoms. The van der Waals surface area contributed by atoms with E-state index in [4.69, 9.17) is 4.74 Å². The summed E-state index contributed by atoms with van der Waals surface area (Å²) in [4.78, 5) is 26.1. The lowest BCUT2D eigenvalue weighted by Gasteiger charge is -2.24. The number of allylic oxidation sites excluding steroid dienone is 2. The quantitative estimate of drug-likeness (QED) is 0.0322. The largest absolute Gasteiger partial charge is 0.462 e. The van der Waals surface area contributed by atoms with E-state index in [1.807, 2.05) is 0 Å². The van der Waals surface area contributed by atoms with Gasteiger partial charge in [-0.3, -0.25) is 9.59 Å². The van der Waals surface area contributed by atoms with Crippen molar-refractivity contribution in [2.45, 2.75) is 309 Å². The van der Waals surface area contributed by atoms with E-state index in [9.17, 15) is 19.8 Å². The Kier molecular flexibility index (Phi) is 46.5. The third kappa shape index (κ3) is 43.1. The molecule has 59 heavy (non-hydrogen) atoms. The third-order valence-corrected chi connectivity index (χ3v) is 12.3. The summed E-state index contributed by atoms with van der Waals surface area (Å²) in [5.41, 5.74) is 0. The zero-order chi connectivity index (χ0) is 43.1. The topological polar surface area (TPSA) is 95.9 Å². The number of hydrogen-bond donors (Lipinski definition) is 3. The molecular formula is C53H103NO5.